The number of hydrogen-bond donors (Lipinski definition) is 1. The highest BCUT2D eigenvalue weighted by Crippen LogP contribution is 2.42. The van der Waals surface area contributed by atoms with Crippen molar-refractivity contribution in [3.8, 4) is 0 Å². The van der Waals surface area contributed by atoms with E-state index in [1.165, 1.54) is 6.07 Å². The van der Waals surface area contributed by atoms with Gasteiger partial charge in [0.1, 0.15) is 5.82 Å². The molecule has 0 aromatic heterocycles. The molecular formula is C14H16FNO2. The first-order valence-electron chi connectivity index (χ1n) is 6.42. The molecule has 0 radical (unpaired) electrons. The predicted octanol–water partition coefficient (Wildman–Crippen LogP) is 2.66. The molecule has 1 aromatic carbocycles. The van der Waals surface area contributed by atoms with Crippen molar-refractivity contribution >= 4 is 11.7 Å². The van der Waals surface area contributed by atoms with Gasteiger partial charge in [0, 0.05) is 12.1 Å². The van der Waals surface area contributed by atoms with E-state index in [-0.39, 0.29) is 23.8 Å². The quantitative estimate of drug-likeness (QED) is 0.876. The number of carboxylic acid groups (broad SMARTS) is 1. The second-order valence-electron chi connectivity index (χ2n) is 5.25. The van der Waals surface area contributed by atoms with Crippen molar-refractivity contribution in [2.24, 2.45) is 5.92 Å². The summed E-state index contributed by atoms with van der Waals surface area (Å²) in [7, 11) is 0. The van der Waals surface area contributed by atoms with Crippen LogP contribution in [-0.4, -0.2) is 23.2 Å². The summed E-state index contributed by atoms with van der Waals surface area (Å²) in [6.07, 6.45) is 3.23. The third-order valence-electron chi connectivity index (χ3n) is 4.21. The Morgan fingerprint density at radius 1 is 1.22 bits per heavy atom. The molecule has 2 fully saturated rings. The largest absolute Gasteiger partial charge is 0.481 e. The van der Waals surface area contributed by atoms with Crippen molar-refractivity contribution in [2.45, 2.75) is 37.8 Å². The van der Waals surface area contributed by atoms with Gasteiger partial charge >= 0.3 is 5.97 Å². The Morgan fingerprint density at radius 3 is 2.39 bits per heavy atom. The molecule has 2 aliphatic rings. The summed E-state index contributed by atoms with van der Waals surface area (Å²) in [5.41, 5.74) is 0.633. The van der Waals surface area contributed by atoms with Crippen LogP contribution in [0.4, 0.5) is 10.1 Å². The minimum Gasteiger partial charge on any atom is -0.481 e. The molecule has 2 heterocycles. The highest BCUT2D eigenvalue weighted by molar-refractivity contribution is 5.71. The van der Waals surface area contributed by atoms with Gasteiger partial charge in [-0.3, -0.25) is 4.79 Å². The van der Waals surface area contributed by atoms with Crippen LogP contribution in [0, 0.1) is 11.7 Å². The number of piperidine rings is 1. The maximum Gasteiger partial charge on any atom is 0.306 e. The molecule has 2 aliphatic heterocycles. The molecule has 2 atom stereocenters. The maximum atomic E-state index is 13.8. The molecule has 96 valence electrons. The molecular weight excluding hydrogens is 233 g/mol. The van der Waals surface area contributed by atoms with E-state index in [0.717, 1.165) is 12.8 Å². The number of carboxylic acids is 1. The lowest BCUT2D eigenvalue weighted by Crippen LogP contribution is -2.45. The molecule has 2 saturated heterocycles. The van der Waals surface area contributed by atoms with Crippen LogP contribution >= 0.6 is 0 Å². The Bertz CT molecular complexity index is 463. The van der Waals surface area contributed by atoms with E-state index in [9.17, 15) is 9.18 Å². The van der Waals surface area contributed by atoms with Gasteiger partial charge in [0.25, 0.3) is 0 Å². The van der Waals surface area contributed by atoms with Gasteiger partial charge in [-0.1, -0.05) is 12.1 Å². The van der Waals surface area contributed by atoms with Gasteiger partial charge in [0.2, 0.25) is 0 Å². The van der Waals surface area contributed by atoms with Gasteiger partial charge in [0.05, 0.1) is 11.6 Å². The summed E-state index contributed by atoms with van der Waals surface area (Å²) in [6, 6.07) is 7.15. The van der Waals surface area contributed by atoms with Crippen LogP contribution in [0.15, 0.2) is 24.3 Å². The zero-order valence-electron chi connectivity index (χ0n) is 10.1. The van der Waals surface area contributed by atoms with E-state index in [0.29, 0.717) is 18.5 Å². The van der Waals surface area contributed by atoms with Crippen LogP contribution in [0.3, 0.4) is 0 Å². The number of benzene rings is 1. The van der Waals surface area contributed by atoms with Crippen LogP contribution in [0.25, 0.3) is 0 Å². The maximum absolute atomic E-state index is 13.8. The lowest BCUT2D eigenvalue weighted by molar-refractivity contribution is -0.142. The fourth-order valence-corrected chi connectivity index (χ4v) is 3.43. The average Bonchev–Trinajstić information content (AvgIpc) is 2.60. The van der Waals surface area contributed by atoms with Gasteiger partial charge in [0.15, 0.2) is 0 Å². The molecule has 2 bridgehead atoms. The Balaban J connectivity index is 1.89. The number of para-hydroxylation sites is 1. The van der Waals surface area contributed by atoms with E-state index in [4.69, 9.17) is 5.11 Å². The summed E-state index contributed by atoms with van der Waals surface area (Å²) >= 11 is 0. The first-order chi connectivity index (χ1) is 8.66. The van der Waals surface area contributed by atoms with Crippen molar-refractivity contribution in [3.05, 3.63) is 30.1 Å². The van der Waals surface area contributed by atoms with Crippen molar-refractivity contribution in [3.63, 3.8) is 0 Å². The second kappa shape index (κ2) is 4.26. The lowest BCUT2D eigenvalue weighted by atomic mass is 9.90. The number of carbonyl (C=O) groups is 1. The Hall–Kier alpha value is -1.58. The molecule has 0 saturated carbocycles. The van der Waals surface area contributed by atoms with Crippen molar-refractivity contribution in [1.29, 1.82) is 0 Å². The molecule has 2 unspecified atom stereocenters. The van der Waals surface area contributed by atoms with E-state index in [2.05, 4.69) is 4.90 Å². The molecule has 0 amide bonds. The van der Waals surface area contributed by atoms with Crippen LogP contribution in [0.2, 0.25) is 0 Å². The smallest absolute Gasteiger partial charge is 0.306 e. The number of hydrogen-bond acceptors (Lipinski definition) is 2. The summed E-state index contributed by atoms with van der Waals surface area (Å²) in [5.74, 6) is -1.17. The highest BCUT2D eigenvalue weighted by Gasteiger charge is 2.43. The van der Waals surface area contributed by atoms with Crippen LogP contribution in [-0.2, 0) is 4.79 Å². The Morgan fingerprint density at radius 2 is 1.83 bits per heavy atom. The topological polar surface area (TPSA) is 40.5 Å². The SMILES string of the molecule is O=C(O)C1CC2CCC(C1)N2c1ccccc1F. The van der Waals surface area contributed by atoms with Gasteiger partial charge in [-0.15, -0.1) is 0 Å². The third kappa shape index (κ3) is 1.76. The fraction of sp³-hybridized carbons (Fsp3) is 0.500. The highest BCUT2D eigenvalue weighted by atomic mass is 19.1. The normalized spacial score (nSPS) is 30.5. The average molecular weight is 249 g/mol. The van der Waals surface area contributed by atoms with Crippen LogP contribution < -0.4 is 4.90 Å². The summed E-state index contributed by atoms with van der Waals surface area (Å²) in [5, 5.41) is 9.12. The number of nitrogens with zero attached hydrogens (tertiary/aromatic N) is 1. The van der Waals surface area contributed by atoms with Crippen molar-refractivity contribution in [2.75, 3.05) is 4.90 Å². The minimum absolute atomic E-state index is 0.182. The van der Waals surface area contributed by atoms with E-state index < -0.39 is 5.97 Å². The molecule has 18 heavy (non-hydrogen) atoms. The fourth-order valence-electron chi connectivity index (χ4n) is 3.43. The van der Waals surface area contributed by atoms with Gasteiger partial charge in [-0.2, -0.15) is 0 Å². The minimum atomic E-state index is -0.708. The lowest BCUT2D eigenvalue weighted by Gasteiger charge is -2.39. The van der Waals surface area contributed by atoms with Crippen LogP contribution in [0.5, 0.6) is 0 Å². The van der Waals surface area contributed by atoms with Crippen LogP contribution in [0.1, 0.15) is 25.7 Å². The van der Waals surface area contributed by atoms with Gasteiger partial charge in [-0.05, 0) is 37.8 Å². The van der Waals surface area contributed by atoms with Crippen molar-refractivity contribution in [1.82, 2.24) is 0 Å². The molecule has 1 aromatic rings. The molecule has 3 nitrogen and oxygen atoms in total. The van der Waals surface area contributed by atoms with Crippen molar-refractivity contribution < 1.29 is 14.3 Å². The summed E-state index contributed by atoms with van der Waals surface area (Å²) < 4.78 is 13.8. The van der Waals surface area contributed by atoms with Gasteiger partial charge in [-0.25, -0.2) is 4.39 Å². The molecule has 3 rings (SSSR count). The monoisotopic (exact) mass is 249 g/mol. The zero-order chi connectivity index (χ0) is 12.7. The number of rotatable bonds is 2. The number of fused-ring (bicyclic) bond motifs is 2. The summed E-state index contributed by atoms with van der Waals surface area (Å²) in [6.45, 7) is 0. The number of aliphatic carboxylic acids is 1. The van der Waals surface area contributed by atoms with E-state index in [1.807, 2.05) is 6.07 Å². The predicted molar refractivity (Wildman–Crippen MR) is 66.0 cm³/mol. The summed E-state index contributed by atoms with van der Waals surface area (Å²) in [4.78, 5) is 13.2. The third-order valence-corrected chi connectivity index (χ3v) is 4.21. The molecule has 0 aliphatic carbocycles. The molecule has 1 N–H and O–H groups in total. The standard InChI is InChI=1S/C14H16FNO2/c15-12-3-1-2-4-13(12)16-10-5-6-11(16)8-9(7-10)14(17)18/h1-4,9-11H,5-8H2,(H,17,18). The zero-order valence-corrected chi connectivity index (χ0v) is 10.1. The first kappa shape index (κ1) is 11.5. The number of halogens is 1. The second-order valence-corrected chi connectivity index (χ2v) is 5.25. The van der Waals surface area contributed by atoms with E-state index in [1.54, 1.807) is 12.1 Å². The van der Waals surface area contributed by atoms with Gasteiger partial charge < -0.3 is 10.0 Å². The first-order valence-corrected chi connectivity index (χ1v) is 6.42. The number of anilines is 1. The van der Waals surface area contributed by atoms with E-state index >= 15 is 0 Å². The molecule has 4 heteroatoms. The molecule has 0 spiro atoms. The Kier molecular flexibility index (Phi) is 2.73. The Labute approximate surface area is 105 Å².